The van der Waals surface area contributed by atoms with Crippen LogP contribution in [0.5, 0.6) is 0 Å². The molecule has 1 N–H and O–H groups in total. The van der Waals surface area contributed by atoms with Gasteiger partial charge in [-0.15, -0.1) is 0 Å². The standard InChI is InChI=1S/C9H8Cl2N2O3/c1-2-16-9(15)8(14)13-7-3-5(10)6(11)4-12-7/h3-4H,2H2,1H3,(H,12,13,14). The maximum atomic E-state index is 11.2. The third-order valence-corrected chi connectivity index (χ3v) is 2.22. The Morgan fingerprint density at radius 1 is 1.44 bits per heavy atom. The fraction of sp³-hybridized carbons (Fsp3) is 0.222. The zero-order valence-corrected chi connectivity index (χ0v) is 9.80. The highest BCUT2D eigenvalue weighted by Crippen LogP contribution is 2.22. The quantitative estimate of drug-likeness (QED) is 0.653. The fourth-order valence-corrected chi connectivity index (χ4v) is 1.10. The van der Waals surface area contributed by atoms with E-state index in [1.165, 1.54) is 12.3 Å². The van der Waals surface area contributed by atoms with Crippen LogP contribution in [0.4, 0.5) is 5.82 Å². The number of pyridine rings is 1. The van der Waals surface area contributed by atoms with Gasteiger partial charge in [-0.25, -0.2) is 9.78 Å². The van der Waals surface area contributed by atoms with Crippen LogP contribution in [0.2, 0.25) is 10.0 Å². The molecule has 0 spiro atoms. The van der Waals surface area contributed by atoms with Gasteiger partial charge in [-0.05, 0) is 6.92 Å². The molecule has 86 valence electrons. The Hall–Kier alpha value is -1.33. The molecule has 1 amide bonds. The first kappa shape index (κ1) is 12.7. The summed E-state index contributed by atoms with van der Waals surface area (Å²) in [4.78, 5) is 25.9. The molecule has 1 aromatic rings. The van der Waals surface area contributed by atoms with Crippen molar-refractivity contribution in [2.24, 2.45) is 0 Å². The number of anilines is 1. The van der Waals surface area contributed by atoms with E-state index in [0.717, 1.165) is 0 Å². The van der Waals surface area contributed by atoms with Gasteiger partial charge in [0.25, 0.3) is 0 Å². The van der Waals surface area contributed by atoms with Crippen LogP contribution in [-0.4, -0.2) is 23.5 Å². The highest BCUT2D eigenvalue weighted by molar-refractivity contribution is 6.42. The SMILES string of the molecule is CCOC(=O)C(=O)Nc1cc(Cl)c(Cl)cn1. The van der Waals surface area contributed by atoms with Crippen molar-refractivity contribution >= 4 is 40.9 Å². The van der Waals surface area contributed by atoms with Crippen LogP contribution >= 0.6 is 23.2 Å². The van der Waals surface area contributed by atoms with Crippen molar-refractivity contribution in [1.29, 1.82) is 0 Å². The third-order valence-electron chi connectivity index (χ3n) is 1.51. The van der Waals surface area contributed by atoms with Crippen molar-refractivity contribution < 1.29 is 14.3 Å². The van der Waals surface area contributed by atoms with E-state index in [2.05, 4.69) is 15.0 Å². The predicted molar refractivity (Wildman–Crippen MR) is 59.5 cm³/mol. The largest absolute Gasteiger partial charge is 0.459 e. The van der Waals surface area contributed by atoms with Crippen LogP contribution in [0.3, 0.4) is 0 Å². The summed E-state index contributed by atoms with van der Waals surface area (Å²) in [6.07, 6.45) is 1.27. The number of halogens is 2. The highest BCUT2D eigenvalue weighted by Gasteiger charge is 2.15. The molecule has 0 aliphatic rings. The van der Waals surface area contributed by atoms with Crippen molar-refractivity contribution in [3.05, 3.63) is 22.3 Å². The Morgan fingerprint density at radius 3 is 2.69 bits per heavy atom. The third kappa shape index (κ3) is 3.36. The predicted octanol–water partition coefficient (Wildman–Crippen LogP) is 1.89. The van der Waals surface area contributed by atoms with Gasteiger partial charge < -0.3 is 10.1 Å². The zero-order chi connectivity index (χ0) is 12.1. The molecule has 7 heteroatoms. The van der Waals surface area contributed by atoms with Gasteiger partial charge in [0.1, 0.15) is 5.82 Å². The van der Waals surface area contributed by atoms with Crippen molar-refractivity contribution in [3.8, 4) is 0 Å². The van der Waals surface area contributed by atoms with Crippen LogP contribution < -0.4 is 5.32 Å². The van der Waals surface area contributed by atoms with Crippen molar-refractivity contribution in [1.82, 2.24) is 4.98 Å². The van der Waals surface area contributed by atoms with E-state index >= 15 is 0 Å². The molecule has 0 fully saturated rings. The molecule has 0 aromatic carbocycles. The Kier molecular flexibility index (Phi) is 4.52. The summed E-state index contributed by atoms with van der Waals surface area (Å²) in [6, 6.07) is 1.33. The fourth-order valence-electron chi connectivity index (χ4n) is 0.846. The first-order valence-electron chi connectivity index (χ1n) is 4.33. The van der Waals surface area contributed by atoms with Gasteiger partial charge in [-0.2, -0.15) is 0 Å². The smallest absolute Gasteiger partial charge is 0.397 e. The summed E-state index contributed by atoms with van der Waals surface area (Å²) >= 11 is 11.3. The molecule has 0 atom stereocenters. The number of aromatic nitrogens is 1. The van der Waals surface area contributed by atoms with E-state index in [9.17, 15) is 9.59 Å². The van der Waals surface area contributed by atoms with Crippen LogP contribution in [0, 0.1) is 0 Å². The maximum absolute atomic E-state index is 11.2. The Bertz CT molecular complexity index is 423. The van der Waals surface area contributed by atoms with E-state index in [1.54, 1.807) is 6.92 Å². The number of hydrogen-bond donors (Lipinski definition) is 1. The van der Waals surface area contributed by atoms with Crippen molar-refractivity contribution in [2.45, 2.75) is 6.92 Å². The van der Waals surface area contributed by atoms with Gasteiger partial charge >= 0.3 is 11.9 Å². The lowest BCUT2D eigenvalue weighted by Crippen LogP contribution is -2.25. The monoisotopic (exact) mass is 262 g/mol. The molecule has 0 bridgehead atoms. The molecule has 1 aromatic heterocycles. The molecule has 0 aliphatic carbocycles. The minimum Gasteiger partial charge on any atom is -0.459 e. The number of carbonyl (C=O) groups is 2. The van der Waals surface area contributed by atoms with E-state index in [0.29, 0.717) is 0 Å². The number of carbonyl (C=O) groups excluding carboxylic acids is 2. The Balaban J connectivity index is 2.70. The molecule has 1 rings (SSSR count). The molecule has 0 saturated carbocycles. The van der Waals surface area contributed by atoms with Gasteiger partial charge in [0.15, 0.2) is 0 Å². The lowest BCUT2D eigenvalue weighted by Gasteiger charge is -2.04. The van der Waals surface area contributed by atoms with Crippen LogP contribution in [0.25, 0.3) is 0 Å². The van der Waals surface area contributed by atoms with E-state index < -0.39 is 11.9 Å². The summed E-state index contributed by atoms with van der Waals surface area (Å²) in [7, 11) is 0. The minimum atomic E-state index is -0.977. The summed E-state index contributed by atoms with van der Waals surface area (Å²) in [5.74, 6) is -1.75. The van der Waals surface area contributed by atoms with Crippen LogP contribution in [-0.2, 0) is 14.3 Å². The average molecular weight is 263 g/mol. The van der Waals surface area contributed by atoms with Crippen LogP contribution in [0.1, 0.15) is 6.92 Å². The Labute approximate surface area is 102 Å². The number of nitrogens with zero attached hydrogens (tertiary/aromatic N) is 1. The minimum absolute atomic E-state index is 0.126. The molecule has 1 heterocycles. The summed E-state index contributed by atoms with van der Waals surface area (Å²) in [5, 5.41) is 2.72. The second-order valence-electron chi connectivity index (χ2n) is 2.66. The normalized spacial score (nSPS) is 9.69. The summed E-state index contributed by atoms with van der Waals surface area (Å²) in [5.41, 5.74) is 0. The van der Waals surface area contributed by atoms with E-state index in [-0.39, 0.29) is 22.5 Å². The zero-order valence-electron chi connectivity index (χ0n) is 8.29. The number of ether oxygens (including phenoxy) is 1. The van der Waals surface area contributed by atoms with E-state index in [1.807, 2.05) is 0 Å². The number of rotatable bonds is 2. The molecule has 0 unspecified atom stereocenters. The lowest BCUT2D eigenvalue weighted by molar-refractivity contribution is -0.152. The lowest BCUT2D eigenvalue weighted by atomic mass is 10.4. The number of amides is 1. The molecule has 0 saturated heterocycles. The Morgan fingerprint density at radius 2 is 2.12 bits per heavy atom. The number of esters is 1. The molecule has 0 aliphatic heterocycles. The molecule has 5 nitrogen and oxygen atoms in total. The molecular weight excluding hydrogens is 255 g/mol. The van der Waals surface area contributed by atoms with Crippen molar-refractivity contribution in [3.63, 3.8) is 0 Å². The van der Waals surface area contributed by atoms with E-state index in [4.69, 9.17) is 23.2 Å². The van der Waals surface area contributed by atoms with Gasteiger partial charge in [-0.3, -0.25) is 4.79 Å². The van der Waals surface area contributed by atoms with Gasteiger partial charge in [0.2, 0.25) is 0 Å². The second kappa shape index (κ2) is 5.67. The second-order valence-corrected chi connectivity index (χ2v) is 3.47. The topological polar surface area (TPSA) is 68.3 Å². The number of hydrogen-bond acceptors (Lipinski definition) is 4. The van der Waals surface area contributed by atoms with Crippen molar-refractivity contribution in [2.75, 3.05) is 11.9 Å². The molecule has 0 radical (unpaired) electrons. The van der Waals surface area contributed by atoms with Gasteiger partial charge in [-0.1, -0.05) is 23.2 Å². The number of nitrogens with one attached hydrogen (secondary N) is 1. The average Bonchev–Trinajstić information content (AvgIpc) is 2.24. The van der Waals surface area contributed by atoms with Crippen LogP contribution in [0.15, 0.2) is 12.3 Å². The molecule has 16 heavy (non-hydrogen) atoms. The first-order chi connectivity index (χ1) is 7.54. The van der Waals surface area contributed by atoms with Gasteiger partial charge in [0, 0.05) is 12.3 Å². The maximum Gasteiger partial charge on any atom is 0.397 e. The summed E-state index contributed by atoms with van der Waals surface area (Å²) in [6.45, 7) is 1.73. The highest BCUT2D eigenvalue weighted by atomic mass is 35.5. The first-order valence-corrected chi connectivity index (χ1v) is 5.09. The summed E-state index contributed by atoms with van der Waals surface area (Å²) < 4.78 is 4.49. The van der Waals surface area contributed by atoms with Gasteiger partial charge in [0.05, 0.1) is 16.7 Å². The molecular formula is C9H8Cl2N2O3.